The number of carbonyl (C=O) groups excluding carboxylic acids is 1. The maximum absolute atomic E-state index is 13.4. The third-order valence-electron chi connectivity index (χ3n) is 5.32. The molecule has 0 radical (unpaired) electrons. The van der Waals surface area contributed by atoms with E-state index in [2.05, 4.69) is 15.2 Å². The number of nitrogens with one attached hydrogen (secondary N) is 1. The highest BCUT2D eigenvalue weighted by atomic mass is 32.1. The molecule has 0 saturated carbocycles. The largest absolute Gasteiger partial charge is 0.497 e. The monoisotopic (exact) mass is 475 g/mol. The summed E-state index contributed by atoms with van der Waals surface area (Å²) in [6.07, 6.45) is 0. The fraction of sp³-hybridized carbons (Fsp3) is 0.185. The Labute approximate surface area is 202 Å². The summed E-state index contributed by atoms with van der Waals surface area (Å²) in [4.78, 5) is 19.4. The number of halogens is 1. The summed E-state index contributed by atoms with van der Waals surface area (Å²) >= 11 is 1.46. The zero-order chi connectivity index (χ0) is 23.8. The van der Waals surface area contributed by atoms with Crippen molar-refractivity contribution in [3.8, 4) is 5.75 Å². The van der Waals surface area contributed by atoms with E-state index in [0.29, 0.717) is 31.9 Å². The molecule has 34 heavy (non-hydrogen) atoms. The minimum Gasteiger partial charge on any atom is -0.497 e. The standard InChI is InChI=1S/C27H26FN3O2S/c1-33-24-13-9-22(10-14-24)17-31(16-21-7-11-23(28)12-8-21)18-26-30-25(19-34-26)27(32)29-15-20-5-3-2-4-6-20/h2-14,19H,15-18H2,1H3,(H,29,32). The molecular formula is C27H26FN3O2S. The number of methoxy groups -OCH3 is 1. The SMILES string of the molecule is COc1ccc(CN(Cc2ccc(F)cc2)Cc2nc(C(=O)NCc3ccccc3)cs2)cc1. The molecule has 0 spiro atoms. The molecule has 4 aromatic rings. The number of aromatic nitrogens is 1. The summed E-state index contributed by atoms with van der Waals surface area (Å²) in [5.74, 6) is 0.364. The van der Waals surface area contributed by atoms with Crippen LogP contribution in [0, 0.1) is 5.82 Å². The number of benzene rings is 3. The average molecular weight is 476 g/mol. The van der Waals surface area contributed by atoms with Crippen molar-refractivity contribution in [2.45, 2.75) is 26.2 Å². The first-order valence-electron chi connectivity index (χ1n) is 11.0. The highest BCUT2D eigenvalue weighted by molar-refractivity contribution is 7.09. The summed E-state index contributed by atoms with van der Waals surface area (Å²) in [7, 11) is 1.64. The van der Waals surface area contributed by atoms with E-state index in [1.165, 1.54) is 23.5 Å². The number of amides is 1. The number of nitrogens with zero attached hydrogens (tertiary/aromatic N) is 2. The molecule has 0 aliphatic carbocycles. The molecule has 174 valence electrons. The molecular weight excluding hydrogens is 449 g/mol. The second kappa shape index (κ2) is 11.5. The van der Waals surface area contributed by atoms with E-state index in [1.54, 1.807) is 24.6 Å². The predicted octanol–water partition coefficient (Wildman–Crippen LogP) is 5.42. The predicted molar refractivity (Wildman–Crippen MR) is 132 cm³/mol. The first-order valence-corrected chi connectivity index (χ1v) is 11.8. The molecule has 1 amide bonds. The molecule has 0 fully saturated rings. The lowest BCUT2D eigenvalue weighted by Gasteiger charge is -2.21. The maximum atomic E-state index is 13.4. The van der Waals surface area contributed by atoms with Crippen LogP contribution < -0.4 is 10.1 Å². The number of rotatable bonds is 10. The third kappa shape index (κ3) is 6.73. The fourth-order valence-electron chi connectivity index (χ4n) is 3.55. The van der Waals surface area contributed by atoms with Crippen LogP contribution in [-0.2, 0) is 26.2 Å². The van der Waals surface area contributed by atoms with Gasteiger partial charge in [0.1, 0.15) is 22.3 Å². The molecule has 0 bridgehead atoms. The molecule has 1 N–H and O–H groups in total. The van der Waals surface area contributed by atoms with Crippen molar-refractivity contribution in [1.29, 1.82) is 0 Å². The summed E-state index contributed by atoms with van der Waals surface area (Å²) < 4.78 is 18.6. The molecule has 0 saturated heterocycles. The van der Waals surface area contributed by atoms with E-state index in [4.69, 9.17) is 4.74 Å². The van der Waals surface area contributed by atoms with Gasteiger partial charge in [-0.3, -0.25) is 9.69 Å². The Hall–Kier alpha value is -3.55. The van der Waals surface area contributed by atoms with Gasteiger partial charge in [0.05, 0.1) is 13.7 Å². The normalized spacial score (nSPS) is 10.9. The van der Waals surface area contributed by atoms with Gasteiger partial charge in [0, 0.05) is 25.0 Å². The second-order valence-corrected chi connectivity index (χ2v) is 8.86. The molecule has 3 aromatic carbocycles. The topological polar surface area (TPSA) is 54.5 Å². The fourth-order valence-corrected chi connectivity index (χ4v) is 4.37. The Morgan fingerprint density at radius 3 is 2.21 bits per heavy atom. The number of hydrogen-bond acceptors (Lipinski definition) is 5. The van der Waals surface area contributed by atoms with Gasteiger partial charge in [-0.25, -0.2) is 9.37 Å². The Morgan fingerprint density at radius 1 is 0.912 bits per heavy atom. The van der Waals surface area contributed by atoms with Crippen LogP contribution in [0.2, 0.25) is 0 Å². The van der Waals surface area contributed by atoms with Crippen LogP contribution in [0.1, 0.15) is 32.2 Å². The van der Waals surface area contributed by atoms with Gasteiger partial charge in [-0.2, -0.15) is 0 Å². The van der Waals surface area contributed by atoms with Crippen LogP contribution in [0.3, 0.4) is 0 Å². The molecule has 0 aliphatic rings. The molecule has 0 aliphatic heterocycles. The van der Waals surface area contributed by atoms with Crippen molar-refractivity contribution in [2.75, 3.05) is 7.11 Å². The van der Waals surface area contributed by atoms with Gasteiger partial charge in [-0.05, 0) is 41.0 Å². The summed E-state index contributed by atoms with van der Waals surface area (Å²) in [6, 6.07) is 24.2. The Bertz CT molecular complexity index is 1190. The van der Waals surface area contributed by atoms with Crippen LogP contribution in [0.25, 0.3) is 0 Å². The highest BCUT2D eigenvalue weighted by Gasteiger charge is 2.15. The van der Waals surface area contributed by atoms with Crippen LogP contribution in [0.5, 0.6) is 5.75 Å². The first-order chi connectivity index (χ1) is 16.6. The van der Waals surface area contributed by atoms with Gasteiger partial charge >= 0.3 is 0 Å². The molecule has 7 heteroatoms. The van der Waals surface area contributed by atoms with Gasteiger partial charge in [-0.1, -0.05) is 54.6 Å². The van der Waals surface area contributed by atoms with Crippen LogP contribution in [0.4, 0.5) is 4.39 Å². The van der Waals surface area contributed by atoms with Crippen molar-refractivity contribution < 1.29 is 13.9 Å². The van der Waals surface area contributed by atoms with Crippen LogP contribution in [0.15, 0.2) is 84.2 Å². The molecule has 1 aromatic heterocycles. The van der Waals surface area contributed by atoms with Gasteiger partial charge in [0.2, 0.25) is 0 Å². The highest BCUT2D eigenvalue weighted by Crippen LogP contribution is 2.19. The van der Waals surface area contributed by atoms with Gasteiger partial charge in [0.25, 0.3) is 5.91 Å². The molecule has 5 nitrogen and oxygen atoms in total. The average Bonchev–Trinajstić information content (AvgIpc) is 3.33. The first kappa shape index (κ1) is 23.6. The molecule has 0 unspecified atom stereocenters. The lowest BCUT2D eigenvalue weighted by atomic mass is 10.1. The quantitative estimate of drug-likeness (QED) is 0.333. The van der Waals surface area contributed by atoms with E-state index >= 15 is 0 Å². The van der Waals surface area contributed by atoms with Crippen LogP contribution in [-0.4, -0.2) is 22.9 Å². The van der Waals surface area contributed by atoms with E-state index < -0.39 is 0 Å². The Balaban J connectivity index is 1.43. The Kier molecular flexibility index (Phi) is 8.01. The summed E-state index contributed by atoms with van der Waals surface area (Å²) in [6.45, 7) is 2.33. The number of thiazole rings is 1. The van der Waals surface area contributed by atoms with Crippen molar-refractivity contribution in [1.82, 2.24) is 15.2 Å². The van der Waals surface area contributed by atoms with E-state index in [9.17, 15) is 9.18 Å². The maximum Gasteiger partial charge on any atom is 0.271 e. The van der Waals surface area contributed by atoms with Gasteiger partial charge < -0.3 is 10.1 Å². The second-order valence-electron chi connectivity index (χ2n) is 7.91. The number of carbonyl (C=O) groups is 1. The number of ether oxygens (including phenoxy) is 1. The van der Waals surface area contributed by atoms with Crippen molar-refractivity contribution in [2.24, 2.45) is 0 Å². The minimum absolute atomic E-state index is 0.188. The van der Waals surface area contributed by atoms with E-state index in [1.807, 2.05) is 54.6 Å². The Morgan fingerprint density at radius 2 is 1.56 bits per heavy atom. The number of hydrogen-bond donors (Lipinski definition) is 1. The lowest BCUT2D eigenvalue weighted by molar-refractivity contribution is 0.0946. The van der Waals surface area contributed by atoms with Gasteiger partial charge in [0.15, 0.2) is 0 Å². The molecule has 1 heterocycles. The van der Waals surface area contributed by atoms with Crippen molar-refractivity contribution >= 4 is 17.2 Å². The van der Waals surface area contributed by atoms with Crippen molar-refractivity contribution in [3.63, 3.8) is 0 Å². The van der Waals surface area contributed by atoms with Crippen LogP contribution >= 0.6 is 11.3 Å². The van der Waals surface area contributed by atoms with Gasteiger partial charge in [-0.15, -0.1) is 11.3 Å². The molecule has 4 rings (SSSR count). The third-order valence-corrected chi connectivity index (χ3v) is 6.16. The smallest absolute Gasteiger partial charge is 0.271 e. The summed E-state index contributed by atoms with van der Waals surface area (Å²) in [5.41, 5.74) is 3.59. The van der Waals surface area contributed by atoms with Crippen molar-refractivity contribution in [3.05, 3.63) is 117 Å². The van der Waals surface area contributed by atoms with E-state index in [-0.39, 0.29) is 11.7 Å². The molecule has 0 atom stereocenters. The van der Waals surface area contributed by atoms with E-state index in [0.717, 1.165) is 27.4 Å². The summed E-state index contributed by atoms with van der Waals surface area (Å²) in [5, 5.41) is 5.56. The zero-order valence-corrected chi connectivity index (χ0v) is 19.7. The zero-order valence-electron chi connectivity index (χ0n) is 18.9. The minimum atomic E-state index is -0.253. The lowest BCUT2D eigenvalue weighted by Crippen LogP contribution is -2.24.